The molecular weight excluding hydrogens is 674 g/mol. The average molecular weight is 730 g/mol. The van der Waals surface area contributed by atoms with E-state index in [0.29, 0.717) is 44.2 Å². The van der Waals surface area contributed by atoms with Gasteiger partial charge in [-0.05, 0) is 83.2 Å². The van der Waals surface area contributed by atoms with Gasteiger partial charge < -0.3 is 38.8 Å². The molecule has 5 rings (SSSR count). The highest BCUT2D eigenvalue weighted by molar-refractivity contribution is 5.84. The lowest BCUT2D eigenvalue weighted by molar-refractivity contribution is -0.140. The third-order valence-corrected chi connectivity index (χ3v) is 10.1. The lowest BCUT2D eigenvalue weighted by Crippen LogP contribution is -2.54. The van der Waals surface area contributed by atoms with Crippen molar-refractivity contribution in [1.29, 1.82) is 0 Å². The molecule has 0 radical (unpaired) electrons. The van der Waals surface area contributed by atoms with Gasteiger partial charge in [-0.25, -0.2) is 4.79 Å². The number of nitrogens with one attached hydrogen (secondary N) is 1. The molecule has 0 bridgehead atoms. The summed E-state index contributed by atoms with van der Waals surface area (Å²) in [7, 11) is 4.86. The predicted molar refractivity (Wildman–Crippen MR) is 203 cm³/mol. The van der Waals surface area contributed by atoms with Crippen LogP contribution in [0.15, 0.2) is 66.7 Å². The number of ether oxygens (including phenoxy) is 5. The highest BCUT2D eigenvalue weighted by Crippen LogP contribution is 2.50. The number of nitrogens with zero attached hydrogens (tertiary/aromatic N) is 2. The van der Waals surface area contributed by atoms with Gasteiger partial charge in [-0.2, -0.15) is 0 Å². The van der Waals surface area contributed by atoms with Gasteiger partial charge in [0.25, 0.3) is 0 Å². The molecule has 3 aromatic carbocycles. The molecule has 1 saturated heterocycles. The van der Waals surface area contributed by atoms with Gasteiger partial charge in [0.1, 0.15) is 17.1 Å². The summed E-state index contributed by atoms with van der Waals surface area (Å²) in [6, 6.07) is 21.6. The van der Waals surface area contributed by atoms with Gasteiger partial charge >= 0.3 is 6.09 Å². The van der Waals surface area contributed by atoms with E-state index in [0.717, 1.165) is 47.5 Å². The van der Waals surface area contributed by atoms with Crippen LogP contribution in [-0.4, -0.2) is 87.4 Å². The maximum atomic E-state index is 14.4. The molecule has 2 aliphatic rings. The van der Waals surface area contributed by atoms with Gasteiger partial charge in [-0.1, -0.05) is 42.5 Å². The number of rotatable bonds is 14. The summed E-state index contributed by atoms with van der Waals surface area (Å²) in [5, 5.41) is 3.30. The highest BCUT2D eigenvalue weighted by atomic mass is 16.6. The molecule has 0 saturated carbocycles. The van der Waals surface area contributed by atoms with Gasteiger partial charge in [0.15, 0.2) is 11.5 Å². The number of amides is 3. The second kappa shape index (κ2) is 17.4. The molecule has 2 aliphatic heterocycles. The minimum atomic E-state index is -0.742. The van der Waals surface area contributed by atoms with Crippen LogP contribution in [0.5, 0.6) is 23.0 Å². The number of carbonyl (C=O) groups excluding carboxylic acids is 3. The number of methoxy groups -OCH3 is 3. The van der Waals surface area contributed by atoms with E-state index in [1.54, 1.807) is 47.0 Å². The zero-order valence-electron chi connectivity index (χ0n) is 32.2. The fourth-order valence-corrected chi connectivity index (χ4v) is 7.52. The van der Waals surface area contributed by atoms with Crippen molar-refractivity contribution in [3.8, 4) is 23.0 Å². The van der Waals surface area contributed by atoms with Crippen molar-refractivity contribution in [2.24, 2.45) is 11.8 Å². The number of unbranched alkanes of at least 4 members (excludes halogenated alkanes) is 1. The summed E-state index contributed by atoms with van der Waals surface area (Å²) >= 11 is 0. The van der Waals surface area contributed by atoms with Gasteiger partial charge in [-0.15, -0.1) is 0 Å². The summed E-state index contributed by atoms with van der Waals surface area (Å²) in [5.41, 5.74) is 1.59. The van der Waals surface area contributed by atoms with E-state index in [4.69, 9.17) is 23.7 Å². The quantitative estimate of drug-likeness (QED) is 0.177. The van der Waals surface area contributed by atoms with E-state index in [9.17, 15) is 14.4 Å². The second-order valence-electron chi connectivity index (χ2n) is 14.9. The summed E-state index contributed by atoms with van der Waals surface area (Å²) in [6.45, 7) is 9.37. The number of hydrogen-bond acceptors (Lipinski definition) is 8. The molecule has 1 fully saturated rings. The fourth-order valence-electron chi connectivity index (χ4n) is 7.52. The fraction of sp³-hybridized carbons (Fsp3) is 0.500. The second-order valence-corrected chi connectivity index (χ2v) is 14.9. The third-order valence-electron chi connectivity index (χ3n) is 10.1. The Hall–Kier alpha value is -4.77. The third kappa shape index (κ3) is 9.25. The molecule has 3 aromatic rings. The Morgan fingerprint density at radius 3 is 2.13 bits per heavy atom. The Morgan fingerprint density at radius 1 is 0.887 bits per heavy atom. The normalized spacial score (nSPS) is 17.5. The van der Waals surface area contributed by atoms with Gasteiger partial charge in [0.2, 0.25) is 11.8 Å². The molecular formula is C42H55N3O8. The minimum Gasteiger partial charge on any atom is -0.493 e. The Bertz CT molecular complexity index is 1690. The molecule has 3 amide bonds. The topological polar surface area (TPSA) is 116 Å². The minimum absolute atomic E-state index is 0.129. The first kappa shape index (κ1) is 39.4. The van der Waals surface area contributed by atoms with Crippen LogP contribution in [0.2, 0.25) is 0 Å². The van der Waals surface area contributed by atoms with Crippen molar-refractivity contribution >= 4 is 17.9 Å². The Labute approximate surface area is 313 Å². The number of carbonyl (C=O) groups is 3. The zero-order valence-corrected chi connectivity index (χ0v) is 32.2. The first-order valence-corrected chi connectivity index (χ1v) is 18.5. The number of fused-ring (bicyclic) bond motifs is 2. The van der Waals surface area contributed by atoms with Crippen molar-refractivity contribution in [3.05, 3.63) is 83.4 Å². The summed E-state index contributed by atoms with van der Waals surface area (Å²) in [4.78, 5) is 45.4. The van der Waals surface area contributed by atoms with E-state index in [1.807, 2.05) is 61.5 Å². The first-order chi connectivity index (χ1) is 25.4. The number of benzene rings is 3. The van der Waals surface area contributed by atoms with Crippen molar-refractivity contribution in [2.45, 2.75) is 70.9 Å². The predicted octanol–water partition coefficient (Wildman–Crippen LogP) is 6.95. The van der Waals surface area contributed by atoms with E-state index in [1.165, 1.54) is 4.90 Å². The monoisotopic (exact) mass is 729 g/mol. The van der Waals surface area contributed by atoms with Crippen LogP contribution in [0, 0.1) is 11.8 Å². The first-order valence-electron chi connectivity index (χ1n) is 18.5. The van der Waals surface area contributed by atoms with Crippen LogP contribution in [0.25, 0.3) is 0 Å². The Morgan fingerprint density at radius 2 is 1.53 bits per heavy atom. The summed E-state index contributed by atoms with van der Waals surface area (Å²) < 4.78 is 28.4. The van der Waals surface area contributed by atoms with Crippen LogP contribution in [0.1, 0.15) is 70.1 Å². The van der Waals surface area contributed by atoms with E-state index >= 15 is 0 Å². The lowest BCUT2D eigenvalue weighted by Gasteiger charge is -2.42. The van der Waals surface area contributed by atoms with Crippen LogP contribution in [0.3, 0.4) is 0 Å². The zero-order chi connectivity index (χ0) is 38.2. The molecule has 0 spiro atoms. The summed E-state index contributed by atoms with van der Waals surface area (Å²) in [5.74, 6) is 1.11. The molecule has 0 unspecified atom stereocenters. The largest absolute Gasteiger partial charge is 0.493 e. The smallest absolute Gasteiger partial charge is 0.410 e. The highest BCUT2D eigenvalue weighted by Gasteiger charge is 2.44. The van der Waals surface area contributed by atoms with Crippen LogP contribution >= 0.6 is 0 Å². The van der Waals surface area contributed by atoms with Crippen molar-refractivity contribution < 1.29 is 38.1 Å². The van der Waals surface area contributed by atoms with Crippen molar-refractivity contribution in [2.75, 3.05) is 54.1 Å². The Balaban J connectivity index is 1.41. The molecule has 0 aliphatic carbocycles. The molecule has 0 aromatic heterocycles. The lowest BCUT2D eigenvalue weighted by atomic mass is 9.69. The van der Waals surface area contributed by atoms with E-state index < -0.39 is 28.9 Å². The number of hydrogen-bond donors (Lipinski definition) is 1. The number of likely N-dealkylation sites (tertiary alicyclic amines) is 1. The summed E-state index contributed by atoms with van der Waals surface area (Å²) in [6.07, 6.45) is 2.24. The molecule has 53 heavy (non-hydrogen) atoms. The van der Waals surface area contributed by atoms with Gasteiger partial charge in [0, 0.05) is 63.0 Å². The van der Waals surface area contributed by atoms with Gasteiger partial charge in [0.05, 0.1) is 26.1 Å². The molecule has 11 heteroatoms. The van der Waals surface area contributed by atoms with Crippen molar-refractivity contribution in [1.82, 2.24) is 15.1 Å². The molecule has 2 heterocycles. The number of piperidine rings is 1. The molecule has 1 N–H and O–H groups in total. The average Bonchev–Trinajstić information content (AvgIpc) is 3.16. The Kier molecular flexibility index (Phi) is 12.9. The van der Waals surface area contributed by atoms with E-state index in [-0.39, 0.29) is 24.9 Å². The maximum absolute atomic E-state index is 14.4. The molecule has 2 atom stereocenters. The van der Waals surface area contributed by atoms with Crippen LogP contribution < -0.4 is 19.5 Å². The molecule has 286 valence electrons. The van der Waals surface area contributed by atoms with Gasteiger partial charge in [-0.3, -0.25) is 9.59 Å². The van der Waals surface area contributed by atoms with E-state index in [2.05, 4.69) is 17.4 Å². The van der Waals surface area contributed by atoms with Crippen molar-refractivity contribution in [3.63, 3.8) is 0 Å². The number of para-hydroxylation sites is 2. The maximum Gasteiger partial charge on any atom is 0.410 e. The van der Waals surface area contributed by atoms with Crippen LogP contribution in [0.4, 0.5) is 4.79 Å². The molecule has 11 nitrogen and oxygen atoms in total. The SMILES string of the molecule is CCN(Cc1ccc(OC)c(OC)c1)C(=O)[C@@H]1C[C@H](C(=O)NCC2(CCCCOC)c3ccccc3Oc3ccccc32)CN(C(=O)OC(C)(C)C)C1. The standard InChI is InChI=1S/C42H55N3O8/c1-8-44(25-29-19-20-36(50-6)37(23-29)51-7)39(47)31-24-30(26-45(27-31)40(48)53-41(2,3)4)38(46)43-28-42(21-13-14-22-49-5)32-15-9-11-17-34(32)52-35-18-12-10-16-33(35)42/h9-12,15-20,23,30-31H,8,13-14,21-22,24-28H2,1-7H3,(H,43,46)/t30-,31+/m0/s1. The van der Waals surface area contributed by atoms with Crippen LogP contribution in [-0.2, 0) is 31.0 Å².